The summed E-state index contributed by atoms with van der Waals surface area (Å²) in [4.78, 5) is 46.1. The number of amides is 2. The lowest BCUT2D eigenvalue weighted by Gasteiger charge is -2.19. The normalized spacial score (nSPS) is 12.5. The van der Waals surface area contributed by atoms with Gasteiger partial charge in [-0.25, -0.2) is 4.79 Å². The van der Waals surface area contributed by atoms with Gasteiger partial charge in [-0.05, 0) is 37.1 Å². The van der Waals surface area contributed by atoms with Crippen molar-refractivity contribution in [2.24, 2.45) is 5.73 Å². The first kappa shape index (κ1) is 25.8. The second-order valence-electron chi connectivity index (χ2n) is 6.54. The van der Waals surface area contributed by atoms with E-state index in [9.17, 15) is 34.5 Å². The van der Waals surface area contributed by atoms with Crippen LogP contribution in [0, 0.1) is 0 Å². The minimum atomic E-state index is -1.30. The van der Waals surface area contributed by atoms with Crippen LogP contribution in [0.3, 0.4) is 0 Å². The summed E-state index contributed by atoms with van der Waals surface area (Å²) in [5.74, 6) is -5.03. The highest BCUT2D eigenvalue weighted by Gasteiger charge is 2.24. The molecule has 172 valence electrons. The molecule has 0 spiro atoms. The second-order valence-corrected chi connectivity index (χ2v) is 6.90. The Morgan fingerprint density at radius 1 is 1.10 bits per heavy atom. The summed E-state index contributed by atoms with van der Waals surface area (Å²) in [6.45, 7) is -0.345. The van der Waals surface area contributed by atoms with Gasteiger partial charge in [-0.3, -0.25) is 14.4 Å². The van der Waals surface area contributed by atoms with E-state index in [2.05, 4.69) is 28.6 Å². The number of carbonyl (C=O) groups is 4. The molecule has 0 aromatic heterocycles. The Morgan fingerprint density at radius 2 is 1.77 bits per heavy atom. The molecule has 0 saturated heterocycles. The molecule has 2 amide bonds. The monoisotopic (exact) mass is 458 g/mol. The number of nitrogens with two attached hydrogens (primary N) is 1. The maximum Gasteiger partial charge on any atom is 0.326 e. The Kier molecular flexibility index (Phi) is 10.4. The number of phenolic OH excluding ortho intramolecular Hbond substituents is 2. The first-order chi connectivity index (χ1) is 14.6. The van der Waals surface area contributed by atoms with Gasteiger partial charge < -0.3 is 42.1 Å². The Morgan fingerprint density at radius 3 is 2.32 bits per heavy atom. The molecule has 31 heavy (non-hydrogen) atoms. The van der Waals surface area contributed by atoms with Crippen molar-refractivity contribution in [2.75, 3.05) is 24.2 Å². The van der Waals surface area contributed by atoms with Crippen molar-refractivity contribution >= 4 is 42.1 Å². The van der Waals surface area contributed by atoms with Gasteiger partial charge >= 0.3 is 11.9 Å². The predicted molar refractivity (Wildman–Crippen MR) is 113 cm³/mol. The van der Waals surface area contributed by atoms with Gasteiger partial charge in [0, 0.05) is 12.2 Å². The summed E-state index contributed by atoms with van der Waals surface area (Å²) in [6, 6.07) is 0.366. The van der Waals surface area contributed by atoms with Crippen LogP contribution in [0.2, 0.25) is 0 Å². The van der Waals surface area contributed by atoms with Gasteiger partial charge in [0.2, 0.25) is 11.8 Å². The van der Waals surface area contributed by atoms with Crippen molar-refractivity contribution < 1.29 is 39.6 Å². The molecule has 1 aromatic rings. The van der Waals surface area contributed by atoms with E-state index in [4.69, 9.17) is 10.8 Å². The number of rotatable bonds is 13. The zero-order chi connectivity index (χ0) is 23.6. The van der Waals surface area contributed by atoms with Crippen LogP contribution in [-0.2, 0) is 25.6 Å². The number of benzene rings is 1. The number of carbonyl (C=O) groups excluding carboxylic acids is 2. The number of nitrogens with one attached hydrogen (secondary N) is 3. The number of anilines is 1. The predicted octanol–water partition coefficient (Wildman–Crippen LogP) is -1.14. The number of phenols is 2. The number of aliphatic carboxylic acids is 2. The average molecular weight is 458 g/mol. The van der Waals surface area contributed by atoms with Gasteiger partial charge in [0.1, 0.15) is 18.6 Å². The summed E-state index contributed by atoms with van der Waals surface area (Å²) >= 11 is 3.94. The lowest BCUT2D eigenvalue weighted by molar-refractivity contribution is -0.138. The SMILES string of the molecule is NCCc1cc(O)c(O)c(N[C@@H](CCC(=O)N[C@@H](CS)C(=O)NCC(=O)O)C(=O)O)c1. The van der Waals surface area contributed by atoms with E-state index in [1.54, 1.807) is 0 Å². The Bertz CT molecular complexity index is 820. The molecule has 0 radical (unpaired) electrons. The lowest BCUT2D eigenvalue weighted by Crippen LogP contribution is -2.49. The lowest BCUT2D eigenvalue weighted by atomic mass is 10.1. The smallest absolute Gasteiger partial charge is 0.326 e. The topological polar surface area (TPSA) is 211 Å². The van der Waals surface area contributed by atoms with Crippen LogP contribution in [-0.4, -0.2) is 75.1 Å². The highest BCUT2D eigenvalue weighted by molar-refractivity contribution is 7.80. The Labute approximate surface area is 183 Å². The maximum absolute atomic E-state index is 12.1. The molecule has 0 bridgehead atoms. The van der Waals surface area contributed by atoms with Crippen molar-refractivity contribution in [3.63, 3.8) is 0 Å². The molecule has 13 heteroatoms. The molecule has 12 nitrogen and oxygen atoms in total. The van der Waals surface area contributed by atoms with E-state index in [1.165, 1.54) is 12.1 Å². The maximum atomic E-state index is 12.1. The summed E-state index contributed by atoms with van der Waals surface area (Å²) in [5.41, 5.74) is 6.01. The van der Waals surface area contributed by atoms with Gasteiger partial charge in [-0.15, -0.1) is 0 Å². The molecule has 9 N–H and O–H groups in total. The van der Waals surface area contributed by atoms with Crippen molar-refractivity contribution in [3.8, 4) is 11.5 Å². The third-order valence-corrected chi connectivity index (χ3v) is 4.48. The molecular formula is C18H26N4O8S. The van der Waals surface area contributed by atoms with Gasteiger partial charge in [0.05, 0.1) is 5.69 Å². The second kappa shape index (κ2) is 12.5. The standard InChI is InChI=1S/C18H26N4O8S/c19-4-3-9-5-11(16(27)13(23)6-9)21-10(18(29)30)1-2-14(24)22-12(8-31)17(28)20-7-15(25)26/h5-6,10,12,21,23,27,31H,1-4,7-8,19H2,(H,20,28)(H,22,24)(H,25,26)(H,29,30)/t10-,12-/m0/s1. The number of carboxylic acid groups (broad SMARTS) is 2. The zero-order valence-electron chi connectivity index (χ0n) is 16.5. The molecule has 0 aliphatic carbocycles. The van der Waals surface area contributed by atoms with E-state index in [0.717, 1.165) is 0 Å². The van der Waals surface area contributed by atoms with Gasteiger partial charge in [0.25, 0.3) is 0 Å². The molecule has 0 aliphatic rings. The molecular weight excluding hydrogens is 432 g/mol. The van der Waals surface area contributed by atoms with Crippen molar-refractivity contribution in [1.29, 1.82) is 0 Å². The minimum Gasteiger partial charge on any atom is -0.504 e. The molecule has 1 aromatic carbocycles. The fraction of sp³-hybridized carbons (Fsp3) is 0.444. The zero-order valence-corrected chi connectivity index (χ0v) is 17.4. The van der Waals surface area contributed by atoms with Crippen LogP contribution in [0.4, 0.5) is 5.69 Å². The van der Waals surface area contributed by atoms with E-state index in [-0.39, 0.29) is 30.8 Å². The van der Waals surface area contributed by atoms with E-state index >= 15 is 0 Å². The number of hydrogen-bond acceptors (Lipinski definition) is 9. The molecule has 0 aliphatic heterocycles. The Hall–Kier alpha value is -3.19. The largest absolute Gasteiger partial charge is 0.504 e. The van der Waals surface area contributed by atoms with E-state index < -0.39 is 53.9 Å². The molecule has 2 atom stereocenters. The third kappa shape index (κ3) is 8.60. The van der Waals surface area contributed by atoms with Crippen LogP contribution in [0.25, 0.3) is 0 Å². The van der Waals surface area contributed by atoms with Crippen LogP contribution in [0.15, 0.2) is 12.1 Å². The third-order valence-electron chi connectivity index (χ3n) is 4.12. The van der Waals surface area contributed by atoms with Crippen LogP contribution in [0.5, 0.6) is 11.5 Å². The van der Waals surface area contributed by atoms with Crippen LogP contribution >= 0.6 is 12.6 Å². The van der Waals surface area contributed by atoms with Crippen LogP contribution in [0.1, 0.15) is 18.4 Å². The molecule has 0 heterocycles. The van der Waals surface area contributed by atoms with Crippen molar-refractivity contribution in [3.05, 3.63) is 17.7 Å². The average Bonchev–Trinajstić information content (AvgIpc) is 2.70. The van der Waals surface area contributed by atoms with Crippen molar-refractivity contribution in [2.45, 2.75) is 31.3 Å². The summed E-state index contributed by atoms with van der Waals surface area (Å²) in [7, 11) is 0. The quantitative estimate of drug-likeness (QED) is 0.128. The molecule has 1 rings (SSSR count). The molecule has 0 unspecified atom stereocenters. The fourth-order valence-corrected chi connectivity index (χ4v) is 2.82. The summed E-state index contributed by atoms with van der Waals surface area (Å²) < 4.78 is 0. The number of aromatic hydroxyl groups is 2. The van der Waals surface area contributed by atoms with Gasteiger partial charge in [-0.1, -0.05) is 0 Å². The van der Waals surface area contributed by atoms with Gasteiger partial charge in [-0.2, -0.15) is 12.6 Å². The van der Waals surface area contributed by atoms with Gasteiger partial charge in [0.15, 0.2) is 11.5 Å². The first-order valence-electron chi connectivity index (χ1n) is 9.23. The Balaban J connectivity index is 2.76. The highest BCUT2D eigenvalue weighted by atomic mass is 32.1. The summed E-state index contributed by atoms with van der Waals surface area (Å²) in [5, 5.41) is 44.8. The number of thiol groups is 1. The fourth-order valence-electron chi connectivity index (χ4n) is 2.57. The highest BCUT2D eigenvalue weighted by Crippen LogP contribution is 2.35. The molecule has 0 fully saturated rings. The number of carboxylic acids is 2. The minimum absolute atomic E-state index is 0.0301. The van der Waals surface area contributed by atoms with E-state index in [0.29, 0.717) is 12.0 Å². The molecule has 0 saturated carbocycles. The van der Waals surface area contributed by atoms with Crippen molar-refractivity contribution in [1.82, 2.24) is 10.6 Å². The van der Waals surface area contributed by atoms with Crippen LogP contribution < -0.4 is 21.7 Å². The summed E-state index contributed by atoms with van der Waals surface area (Å²) in [6.07, 6.45) is -0.119. The van der Waals surface area contributed by atoms with E-state index in [1.807, 2.05) is 0 Å². The number of hydrogen-bond donors (Lipinski definition) is 9. The first-order valence-corrected chi connectivity index (χ1v) is 9.86.